The van der Waals surface area contributed by atoms with Gasteiger partial charge in [-0.2, -0.15) is 0 Å². The summed E-state index contributed by atoms with van der Waals surface area (Å²) >= 11 is 6.03. The Morgan fingerprint density at radius 1 is 1.00 bits per heavy atom. The summed E-state index contributed by atoms with van der Waals surface area (Å²) in [6.45, 7) is 2.01. The van der Waals surface area contributed by atoms with Gasteiger partial charge >= 0.3 is 0 Å². The molecule has 2 fully saturated rings. The second kappa shape index (κ2) is 8.64. The van der Waals surface area contributed by atoms with Crippen molar-refractivity contribution < 1.29 is 18.3 Å². The Balaban J connectivity index is 1.62. The summed E-state index contributed by atoms with van der Waals surface area (Å²) in [5.41, 5.74) is 0.972. The topological polar surface area (TPSA) is 38.3 Å². The molecule has 4 rings (SSSR count). The first-order chi connectivity index (χ1) is 14.3. The van der Waals surface area contributed by atoms with Crippen molar-refractivity contribution >= 4 is 17.5 Å². The molecule has 0 unspecified atom stereocenters. The Labute approximate surface area is 180 Å². The van der Waals surface area contributed by atoms with Crippen LogP contribution in [0.25, 0.3) is 0 Å². The molecule has 1 amide bonds. The molecule has 1 saturated carbocycles. The number of amides is 1. The van der Waals surface area contributed by atoms with Crippen LogP contribution in [-0.4, -0.2) is 11.4 Å². The van der Waals surface area contributed by atoms with Crippen LogP contribution in [0.15, 0.2) is 42.5 Å². The largest absolute Gasteiger partial charge is 0.365 e. The van der Waals surface area contributed by atoms with Gasteiger partial charge in [-0.05, 0) is 55.2 Å². The van der Waals surface area contributed by atoms with Gasteiger partial charge in [0.15, 0.2) is 11.6 Å². The predicted octanol–water partition coefficient (Wildman–Crippen LogP) is 6.28. The van der Waals surface area contributed by atoms with E-state index in [0.717, 1.165) is 37.3 Å². The average molecular weight is 434 g/mol. The number of ether oxygens (including phenoxy) is 1. The van der Waals surface area contributed by atoms with Crippen LogP contribution in [0.5, 0.6) is 0 Å². The van der Waals surface area contributed by atoms with E-state index >= 15 is 0 Å². The standard InChI is InChI=1S/C24H26ClF2NO2/c1-24(28-23(29)16-4-2-3-5-16)13-21(15-6-9-18(25)10-7-15)30-22(14-24)17-8-11-19(26)20(27)12-17/h6-12,16,21-22H,2-5,13-14H2,1H3,(H,28,29)/t21-,22+,24-/m0/s1. The summed E-state index contributed by atoms with van der Waals surface area (Å²) in [5.74, 6) is -1.65. The lowest BCUT2D eigenvalue weighted by Gasteiger charge is -2.44. The molecule has 1 saturated heterocycles. The zero-order valence-electron chi connectivity index (χ0n) is 17.0. The first kappa shape index (κ1) is 21.3. The summed E-state index contributed by atoms with van der Waals surface area (Å²) in [5, 5.41) is 3.89. The molecule has 0 radical (unpaired) electrons. The van der Waals surface area contributed by atoms with Crippen LogP contribution < -0.4 is 5.32 Å². The fourth-order valence-electron chi connectivity index (χ4n) is 4.67. The van der Waals surface area contributed by atoms with Crippen molar-refractivity contribution in [3.8, 4) is 0 Å². The highest BCUT2D eigenvalue weighted by atomic mass is 35.5. The minimum Gasteiger partial charge on any atom is -0.365 e. The summed E-state index contributed by atoms with van der Waals surface area (Å²) in [7, 11) is 0. The monoisotopic (exact) mass is 433 g/mol. The molecule has 0 bridgehead atoms. The average Bonchev–Trinajstić information content (AvgIpc) is 3.25. The molecule has 1 aliphatic heterocycles. The lowest BCUT2D eigenvalue weighted by Crippen LogP contribution is -2.52. The molecule has 6 heteroatoms. The van der Waals surface area contributed by atoms with Crippen LogP contribution in [0, 0.1) is 17.6 Å². The van der Waals surface area contributed by atoms with Gasteiger partial charge in [0.1, 0.15) is 0 Å². The highest BCUT2D eigenvalue weighted by Gasteiger charge is 2.41. The number of hydrogen-bond donors (Lipinski definition) is 1. The fourth-order valence-corrected chi connectivity index (χ4v) is 4.79. The Hall–Kier alpha value is -1.98. The number of halogens is 3. The Morgan fingerprint density at radius 2 is 1.60 bits per heavy atom. The molecule has 2 aliphatic rings. The normalized spacial score (nSPS) is 27.2. The van der Waals surface area contributed by atoms with Crippen LogP contribution in [0.3, 0.4) is 0 Å². The van der Waals surface area contributed by atoms with E-state index in [-0.39, 0.29) is 17.9 Å². The minimum absolute atomic E-state index is 0.0559. The van der Waals surface area contributed by atoms with E-state index in [0.29, 0.717) is 23.4 Å². The lowest BCUT2D eigenvalue weighted by molar-refractivity contribution is -0.132. The van der Waals surface area contributed by atoms with Crippen LogP contribution >= 0.6 is 11.6 Å². The SMILES string of the molecule is C[C@]1(NC(=O)C2CCCC2)C[C@@H](c2ccc(Cl)cc2)O[C@@H](c2ccc(F)c(F)c2)C1. The maximum absolute atomic E-state index is 13.9. The highest BCUT2D eigenvalue weighted by Crippen LogP contribution is 2.44. The molecule has 1 aliphatic carbocycles. The molecule has 3 nitrogen and oxygen atoms in total. The van der Waals surface area contributed by atoms with Gasteiger partial charge in [-0.15, -0.1) is 0 Å². The van der Waals surface area contributed by atoms with E-state index in [1.54, 1.807) is 18.2 Å². The molecule has 3 atom stereocenters. The van der Waals surface area contributed by atoms with Gasteiger partial charge in [-0.25, -0.2) is 8.78 Å². The summed E-state index contributed by atoms with van der Waals surface area (Å²) in [6.07, 6.45) is 4.32. The van der Waals surface area contributed by atoms with Gasteiger partial charge in [0.25, 0.3) is 0 Å². The third kappa shape index (κ3) is 4.68. The maximum atomic E-state index is 13.9. The number of benzene rings is 2. The lowest BCUT2D eigenvalue weighted by atomic mass is 9.81. The van der Waals surface area contributed by atoms with Crippen molar-refractivity contribution in [1.82, 2.24) is 5.32 Å². The second-order valence-electron chi connectivity index (χ2n) is 8.78. The summed E-state index contributed by atoms with van der Waals surface area (Å²) in [4.78, 5) is 12.9. The van der Waals surface area contributed by atoms with Gasteiger partial charge in [0, 0.05) is 29.3 Å². The van der Waals surface area contributed by atoms with Crippen LogP contribution in [0.4, 0.5) is 8.78 Å². The molecule has 2 aromatic carbocycles. The molecular formula is C24H26ClF2NO2. The van der Waals surface area contributed by atoms with E-state index in [2.05, 4.69) is 5.32 Å². The number of hydrogen-bond acceptors (Lipinski definition) is 2. The van der Waals surface area contributed by atoms with Crippen LogP contribution in [-0.2, 0) is 9.53 Å². The van der Waals surface area contributed by atoms with Crippen molar-refractivity contribution in [3.63, 3.8) is 0 Å². The second-order valence-corrected chi connectivity index (χ2v) is 9.21. The minimum atomic E-state index is -0.901. The smallest absolute Gasteiger partial charge is 0.223 e. The molecule has 30 heavy (non-hydrogen) atoms. The van der Waals surface area contributed by atoms with Gasteiger partial charge in [-0.1, -0.05) is 42.6 Å². The third-order valence-electron chi connectivity index (χ3n) is 6.31. The Bertz CT molecular complexity index is 914. The number of carbonyl (C=O) groups is 1. The van der Waals surface area contributed by atoms with E-state index < -0.39 is 23.3 Å². The number of carbonyl (C=O) groups excluding carboxylic acids is 1. The summed E-state index contributed by atoms with van der Waals surface area (Å²) < 4.78 is 33.7. The van der Waals surface area contributed by atoms with E-state index in [9.17, 15) is 13.6 Å². The van der Waals surface area contributed by atoms with Crippen molar-refractivity contribution in [2.24, 2.45) is 5.92 Å². The van der Waals surface area contributed by atoms with Crippen LogP contribution in [0.2, 0.25) is 5.02 Å². The Morgan fingerprint density at radius 3 is 2.23 bits per heavy atom. The van der Waals surface area contributed by atoms with Gasteiger partial charge in [-0.3, -0.25) is 4.79 Å². The van der Waals surface area contributed by atoms with Gasteiger partial charge in [0.05, 0.1) is 12.2 Å². The molecule has 1 heterocycles. The zero-order chi connectivity index (χ0) is 21.3. The highest BCUT2D eigenvalue weighted by molar-refractivity contribution is 6.30. The Kier molecular flexibility index (Phi) is 6.12. The van der Waals surface area contributed by atoms with E-state index in [4.69, 9.17) is 16.3 Å². The first-order valence-electron chi connectivity index (χ1n) is 10.5. The van der Waals surface area contributed by atoms with Gasteiger partial charge in [0.2, 0.25) is 5.91 Å². The molecule has 1 N–H and O–H groups in total. The van der Waals surface area contributed by atoms with Gasteiger partial charge < -0.3 is 10.1 Å². The zero-order valence-corrected chi connectivity index (χ0v) is 17.7. The number of rotatable bonds is 4. The molecule has 0 spiro atoms. The van der Waals surface area contributed by atoms with Crippen molar-refractivity contribution in [1.29, 1.82) is 0 Å². The van der Waals surface area contributed by atoms with Crippen molar-refractivity contribution in [2.45, 2.75) is 63.2 Å². The molecule has 160 valence electrons. The molecular weight excluding hydrogens is 408 g/mol. The maximum Gasteiger partial charge on any atom is 0.223 e. The fraction of sp³-hybridized carbons (Fsp3) is 0.458. The first-order valence-corrected chi connectivity index (χ1v) is 10.9. The molecule has 2 aromatic rings. The van der Waals surface area contributed by atoms with Crippen molar-refractivity contribution in [2.75, 3.05) is 0 Å². The van der Waals surface area contributed by atoms with E-state index in [1.165, 1.54) is 6.07 Å². The quantitative estimate of drug-likeness (QED) is 0.616. The van der Waals surface area contributed by atoms with Crippen molar-refractivity contribution in [3.05, 3.63) is 70.2 Å². The third-order valence-corrected chi connectivity index (χ3v) is 6.56. The summed E-state index contributed by atoms with van der Waals surface area (Å²) in [6, 6.07) is 11.3. The van der Waals surface area contributed by atoms with E-state index in [1.807, 2.05) is 19.1 Å². The molecule has 0 aromatic heterocycles. The predicted molar refractivity (Wildman–Crippen MR) is 112 cm³/mol. The number of nitrogens with one attached hydrogen (secondary N) is 1. The van der Waals surface area contributed by atoms with Crippen LogP contribution in [0.1, 0.15) is 68.8 Å².